The number of nitrogens with zero attached hydrogens (tertiary/aromatic N) is 1. The number of aliphatic hydroxyl groups is 2. The van der Waals surface area contributed by atoms with Gasteiger partial charge in [-0.25, -0.2) is 9.18 Å². The molecule has 0 amide bonds. The van der Waals surface area contributed by atoms with Gasteiger partial charge in [0.1, 0.15) is 12.2 Å². The largest absolute Gasteiger partial charge is 0.394 e. The summed E-state index contributed by atoms with van der Waals surface area (Å²) < 4.78 is 19.9. The Balaban J connectivity index is 2.43. The number of aliphatic hydroxyl groups excluding tert-OH is 2. The van der Waals surface area contributed by atoms with E-state index in [0.717, 1.165) is 4.57 Å². The van der Waals surface area contributed by atoms with E-state index in [1.54, 1.807) is 6.92 Å². The number of hydrogen-bond acceptors (Lipinski definition) is 5. The smallest absolute Gasteiger partial charge is 0.330 e. The molecule has 19 heavy (non-hydrogen) atoms. The number of alkyl halides is 1. The highest BCUT2D eigenvalue weighted by atomic mass is 19.1. The summed E-state index contributed by atoms with van der Waals surface area (Å²) in [6.07, 6.45) is -4.24. The first-order valence-corrected chi connectivity index (χ1v) is 5.92. The van der Waals surface area contributed by atoms with Gasteiger partial charge in [-0.15, -0.1) is 0 Å². The number of nitrogens with one attached hydrogen (secondary N) is 1. The molecule has 1 aromatic heterocycles. The number of aryl methyl sites for hydroxylation is 1. The highest BCUT2D eigenvalue weighted by Gasteiger charge is 2.45. The van der Waals surface area contributed by atoms with Crippen molar-refractivity contribution in [2.24, 2.45) is 0 Å². The Morgan fingerprint density at radius 2 is 2.21 bits per heavy atom. The predicted octanol–water partition coefficient (Wildman–Crippen LogP) is -1.31. The van der Waals surface area contributed by atoms with E-state index in [2.05, 4.69) is 4.98 Å². The second-order valence-corrected chi connectivity index (χ2v) is 4.36. The van der Waals surface area contributed by atoms with Crippen LogP contribution in [0.1, 0.15) is 18.7 Å². The Labute approximate surface area is 107 Å². The third kappa shape index (κ3) is 2.34. The van der Waals surface area contributed by atoms with E-state index in [-0.39, 0.29) is 0 Å². The number of H-pyrrole nitrogens is 1. The third-order valence-electron chi connectivity index (χ3n) is 3.17. The van der Waals surface area contributed by atoms with Crippen molar-refractivity contribution in [2.75, 3.05) is 6.61 Å². The van der Waals surface area contributed by atoms with Gasteiger partial charge in [0.05, 0.1) is 6.61 Å². The molecule has 8 heteroatoms. The van der Waals surface area contributed by atoms with E-state index >= 15 is 0 Å². The van der Waals surface area contributed by atoms with Gasteiger partial charge in [0.2, 0.25) is 0 Å². The summed E-state index contributed by atoms with van der Waals surface area (Å²) in [5.74, 6) is 0. The molecule has 0 spiro atoms. The van der Waals surface area contributed by atoms with Crippen LogP contribution in [0.3, 0.4) is 0 Å². The second kappa shape index (κ2) is 5.24. The molecule has 0 radical (unpaired) electrons. The Hall–Kier alpha value is -1.51. The molecule has 1 aromatic rings. The van der Waals surface area contributed by atoms with Crippen LogP contribution in [0.5, 0.6) is 0 Å². The van der Waals surface area contributed by atoms with Crippen LogP contribution in [-0.2, 0) is 11.2 Å². The zero-order chi connectivity index (χ0) is 14.2. The molecule has 2 heterocycles. The van der Waals surface area contributed by atoms with E-state index in [9.17, 15) is 19.1 Å². The summed E-state index contributed by atoms with van der Waals surface area (Å²) >= 11 is 0. The molecule has 0 aliphatic carbocycles. The normalized spacial score (nSPS) is 30.7. The van der Waals surface area contributed by atoms with Crippen LogP contribution in [0.15, 0.2) is 15.8 Å². The van der Waals surface area contributed by atoms with Gasteiger partial charge in [0.15, 0.2) is 12.4 Å². The standard InChI is InChI=1S/C11H15FN2O5/c1-2-5-3-14(11(18)13-9(5)17)10-7(12)8(16)6(4-15)19-10/h3,6-8,10,15-16H,2,4H2,1H3,(H,13,17,18). The van der Waals surface area contributed by atoms with Crippen molar-refractivity contribution in [2.45, 2.75) is 38.0 Å². The molecule has 1 aliphatic rings. The molecule has 1 fully saturated rings. The molecule has 106 valence electrons. The lowest BCUT2D eigenvalue weighted by Gasteiger charge is -2.16. The molecule has 1 aliphatic heterocycles. The Bertz CT molecular complexity index is 569. The predicted molar refractivity (Wildman–Crippen MR) is 62.6 cm³/mol. The maximum atomic E-state index is 13.9. The fourth-order valence-electron chi connectivity index (χ4n) is 2.05. The summed E-state index contributed by atoms with van der Waals surface area (Å²) in [4.78, 5) is 25.1. The van der Waals surface area contributed by atoms with Gasteiger partial charge in [-0.05, 0) is 6.42 Å². The number of ether oxygens (including phenoxy) is 1. The zero-order valence-electron chi connectivity index (χ0n) is 10.2. The molecule has 2 rings (SSSR count). The SMILES string of the molecule is CCc1cn(C2OC(CO)C(O)C2F)c(=O)[nH]c1=O. The van der Waals surface area contributed by atoms with Crippen LogP contribution < -0.4 is 11.2 Å². The van der Waals surface area contributed by atoms with Gasteiger partial charge >= 0.3 is 5.69 Å². The van der Waals surface area contributed by atoms with Gasteiger partial charge in [-0.1, -0.05) is 6.92 Å². The minimum atomic E-state index is -1.86. The lowest BCUT2D eigenvalue weighted by Crippen LogP contribution is -2.37. The number of halogens is 1. The lowest BCUT2D eigenvalue weighted by atomic mass is 10.1. The van der Waals surface area contributed by atoms with E-state index in [1.807, 2.05) is 0 Å². The summed E-state index contributed by atoms with van der Waals surface area (Å²) in [5.41, 5.74) is -1.05. The average molecular weight is 274 g/mol. The molecular formula is C11H15FN2O5. The van der Waals surface area contributed by atoms with Gasteiger partial charge < -0.3 is 14.9 Å². The van der Waals surface area contributed by atoms with Crippen LogP contribution in [0.25, 0.3) is 0 Å². The first-order chi connectivity index (χ1) is 8.99. The monoisotopic (exact) mass is 274 g/mol. The van der Waals surface area contributed by atoms with Crippen molar-refractivity contribution in [1.29, 1.82) is 0 Å². The Kier molecular flexibility index (Phi) is 3.83. The van der Waals surface area contributed by atoms with E-state index in [1.165, 1.54) is 6.20 Å². The first-order valence-electron chi connectivity index (χ1n) is 5.92. The van der Waals surface area contributed by atoms with Crippen LogP contribution in [0.4, 0.5) is 4.39 Å². The highest BCUT2D eigenvalue weighted by Crippen LogP contribution is 2.30. The van der Waals surface area contributed by atoms with E-state index in [4.69, 9.17) is 9.84 Å². The molecular weight excluding hydrogens is 259 g/mol. The van der Waals surface area contributed by atoms with Gasteiger partial charge in [0, 0.05) is 11.8 Å². The van der Waals surface area contributed by atoms with E-state index in [0.29, 0.717) is 12.0 Å². The first kappa shape index (κ1) is 13.9. The summed E-state index contributed by atoms with van der Waals surface area (Å²) in [5, 5.41) is 18.5. The number of rotatable bonds is 3. The minimum Gasteiger partial charge on any atom is -0.394 e. The third-order valence-corrected chi connectivity index (χ3v) is 3.17. The number of aromatic nitrogens is 2. The van der Waals surface area contributed by atoms with Gasteiger partial charge in [-0.2, -0.15) is 0 Å². The molecule has 4 atom stereocenters. The van der Waals surface area contributed by atoms with Crippen molar-refractivity contribution in [3.05, 3.63) is 32.6 Å². The molecule has 0 saturated carbocycles. The summed E-state index contributed by atoms with van der Waals surface area (Å²) in [6, 6.07) is 0. The summed E-state index contributed by atoms with van der Waals surface area (Å²) in [7, 11) is 0. The molecule has 4 unspecified atom stereocenters. The zero-order valence-corrected chi connectivity index (χ0v) is 10.2. The maximum absolute atomic E-state index is 13.9. The molecule has 1 saturated heterocycles. The van der Waals surface area contributed by atoms with Gasteiger partial charge in [-0.3, -0.25) is 14.3 Å². The van der Waals surface area contributed by atoms with Crippen LogP contribution >= 0.6 is 0 Å². The van der Waals surface area contributed by atoms with Crippen LogP contribution in [-0.4, -0.2) is 44.8 Å². The molecule has 7 nitrogen and oxygen atoms in total. The van der Waals surface area contributed by atoms with Crippen molar-refractivity contribution >= 4 is 0 Å². The number of aromatic amines is 1. The topological polar surface area (TPSA) is 105 Å². The highest BCUT2D eigenvalue weighted by molar-refractivity contribution is 5.05. The maximum Gasteiger partial charge on any atom is 0.330 e. The molecule has 0 bridgehead atoms. The second-order valence-electron chi connectivity index (χ2n) is 4.36. The van der Waals surface area contributed by atoms with E-state index < -0.39 is 42.5 Å². The Morgan fingerprint density at radius 3 is 2.74 bits per heavy atom. The fourth-order valence-corrected chi connectivity index (χ4v) is 2.05. The minimum absolute atomic E-state index is 0.303. The van der Waals surface area contributed by atoms with Crippen LogP contribution in [0.2, 0.25) is 0 Å². The van der Waals surface area contributed by atoms with Crippen molar-refractivity contribution in [1.82, 2.24) is 9.55 Å². The quantitative estimate of drug-likeness (QED) is 0.634. The molecule has 0 aromatic carbocycles. The lowest BCUT2D eigenvalue weighted by molar-refractivity contribution is -0.0492. The van der Waals surface area contributed by atoms with Crippen molar-refractivity contribution in [3.8, 4) is 0 Å². The summed E-state index contributed by atoms with van der Waals surface area (Å²) in [6.45, 7) is 1.16. The van der Waals surface area contributed by atoms with Crippen LogP contribution in [0, 0.1) is 0 Å². The number of hydrogen-bond donors (Lipinski definition) is 3. The fraction of sp³-hybridized carbons (Fsp3) is 0.636. The van der Waals surface area contributed by atoms with Crippen molar-refractivity contribution in [3.63, 3.8) is 0 Å². The van der Waals surface area contributed by atoms with Gasteiger partial charge in [0.25, 0.3) is 5.56 Å². The molecule has 3 N–H and O–H groups in total. The van der Waals surface area contributed by atoms with Crippen molar-refractivity contribution < 1.29 is 19.3 Å². The Morgan fingerprint density at radius 1 is 1.53 bits per heavy atom. The average Bonchev–Trinajstić information content (AvgIpc) is 2.67.